The van der Waals surface area contributed by atoms with E-state index in [2.05, 4.69) is 92.4 Å². The van der Waals surface area contributed by atoms with Gasteiger partial charge in [0.25, 0.3) is 0 Å². The summed E-state index contributed by atoms with van der Waals surface area (Å²) in [6, 6.07) is 23.2. The van der Waals surface area contributed by atoms with Crippen LogP contribution in [0.1, 0.15) is 11.3 Å². The Labute approximate surface area is 173 Å². The summed E-state index contributed by atoms with van der Waals surface area (Å²) in [5, 5.41) is 0.950. The average Bonchev–Trinajstić information content (AvgIpc) is 3.31. The van der Waals surface area contributed by atoms with Crippen molar-refractivity contribution in [2.24, 2.45) is 0 Å². The van der Waals surface area contributed by atoms with E-state index >= 15 is 0 Å². The molecule has 0 unspecified atom stereocenters. The summed E-state index contributed by atoms with van der Waals surface area (Å²) < 4.78 is 4.66. The fourth-order valence-electron chi connectivity index (χ4n) is 4.47. The first kappa shape index (κ1) is 16.9. The van der Waals surface area contributed by atoms with Gasteiger partial charge in [0.2, 0.25) is 0 Å². The summed E-state index contributed by atoms with van der Waals surface area (Å²) in [4.78, 5) is 13.5. The van der Waals surface area contributed by atoms with Crippen LogP contribution in [0.3, 0.4) is 0 Å². The van der Waals surface area contributed by atoms with Crippen LogP contribution in [0.5, 0.6) is 0 Å². The predicted octanol–water partition coefficient (Wildman–Crippen LogP) is 5.51. The molecule has 0 aliphatic carbocycles. The minimum Gasteiger partial charge on any atom is -0.298 e. The first-order valence-electron chi connectivity index (χ1n) is 9.97. The molecule has 0 radical (unpaired) electrons. The number of imidazole rings is 1. The fourth-order valence-corrected chi connectivity index (χ4v) is 4.47. The number of hydrogen-bond donors (Lipinski definition) is 0. The van der Waals surface area contributed by atoms with Crippen LogP contribution in [0.2, 0.25) is 0 Å². The largest absolute Gasteiger partial charge is 0.298 e. The molecule has 0 fully saturated rings. The van der Waals surface area contributed by atoms with Gasteiger partial charge in [-0.1, -0.05) is 30.3 Å². The Bertz CT molecular complexity index is 1570. The Morgan fingerprint density at radius 2 is 1.60 bits per heavy atom. The van der Waals surface area contributed by atoms with Crippen LogP contribution in [-0.2, 0) is 0 Å². The van der Waals surface area contributed by atoms with E-state index in [-0.39, 0.29) is 0 Å². The van der Waals surface area contributed by atoms with Gasteiger partial charge >= 0.3 is 0 Å². The SMILES string of the molecule is Cc1cccc(-c2ncnc3ncccc23)c1-n1c2ccccc2n2c(C)ccc12. The lowest BCUT2D eigenvalue weighted by atomic mass is 10.0. The smallest absolute Gasteiger partial charge is 0.163 e. The third-order valence-electron chi connectivity index (χ3n) is 5.77. The molecule has 4 heterocycles. The Balaban J connectivity index is 1.78. The molecule has 0 bridgehead atoms. The lowest BCUT2D eigenvalue weighted by Crippen LogP contribution is -2.02. The van der Waals surface area contributed by atoms with Crippen LogP contribution in [0.25, 0.3) is 44.7 Å². The normalized spacial score (nSPS) is 11.7. The Hall–Kier alpha value is -3.99. The molecule has 0 saturated carbocycles. The number of hydrogen-bond acceptors (Lipinski definition) is 3. The Morgan fingerprint density at radius 1 is 0.733 bits per heavy atom. The van der Waals surface area contributed by atoms with Crippen molar-refractivity contribution < 1.29 is 0 Å². The summed E-state index contributed by atoms with van der Waals surface area (Å²) in [5.74, 6) is 0. The molecule has 5 nitrogen and oxygen atoms in total. The quantitative estimate of drug-likeness (QED) is 0.393. The van der Waals surface area contributed by atoms with E-state index in [0.29, 0.717) is 5.65 Å². The van der Waals surface area contributed by atoms with E-state index in [0.717, 1.165) is 28.0 Å². The van der Waals surface area contributed by atoms with Crippen molar-refractivity contribution in [1.82, 2.24) is 23.9 Å². The summed E-state index contributed by atoms with van der Waals surface area (Å²) in [7, 11) is 0. The lowest BCUT2D eigenvalue weighted by molar-refractivity contribution is 1.09. The van der Waals surface area contributed by atoms with Crippen LogP contribution >= 0.6 is 0 Å². The number of para-hydroxylation sites is 3. The van der Waals surface area contributed by atoms with Gasteiger partial charge in [-0.2, -0.15) is 0 Å². The third kappa shape index (κ3) is 2.26. The molecule has 6 rings (SSSR count). The average molecular weight is 389 g/mol. The van der Waals surface area contributed by atoms with Gasteiger partial charge in [0.05, 0.1) is 22.4 Å². The molecule has 0 aliphatic heterocycles. The molecule has 0 atom stereocenters. The van der Waals surface area contributed by atoms with E-state index in [1.807, 2.05) is 12.1 Å². The van der Waals surface area contributed by atoms with E-state index in [1.165, 1.54) is 22.3 Å². The molecular formula is C25H19N5. The minimum atomic E-state index is 0.705. The zero-order valence-corrected chi connectivity index (χ0v) is 16.7. The zero-order chi connectivity index (χ0) is 20.2. The highest BCUT2D eigenvalue weighted by molar-refractivity contribution is 5.95. The highest BCUT2D eigenvalue weighted by Gasteiger charge is 2.20. The zero-order valence-electron chi connectivity index (χ0n) is 16.7. The molecule has 0 spiro atoms. The van der Waals surface area contributed by atoms with Crippen molar-refractivity contribution in [1.29, 1.82) is 0 Å². The number of fused-ring (bicyclic) bond motifs is 4. The maximum Gasteiger partial charge on any atom is 0.163 e. The van der Waals surface area contributed by atoms with Gasteiger partial charge in [-0.25, -0.2) is 15.0 Å². The summed E-state index contributed by atoms with van der Waals surface area (Å²) in [6.07, 6.45) is 3.37. The van der Waals surface area contributed by atoms with Crippen molar-refractivity contribution in [3.8, 4) is 16.9 Å². The number of nitrogens with zero attached hydrogens (tertiary/aromatic N) is 5. The lowest BCUT2D eigenvalue weighted by Gasteiger charge is -2.16. The van der Waals surface area contributed by atoms with Crippen LogP contribution in [-0.4, -0.2) is 23.9 Å². The maximum atomic E-state index is 4.68. The second kappa shape index (κ2) is 6.26. The number of aryl methyl sites for hydroxylation is 2. The first-order valence-corrected chi connectivity index (χ1v) is 9.97. The molecule has 0 N–H and O–H groups in total. The summed E-state index contributed by atoms with van der Waals surface area (Å²) >= 11 is 0. The van der Waals surface area contributed by atoms with Gasteiger partial charge in [-0.05, 0) is 55.8 Å². The van der Waals surface area contributed by atoms with Crippen molar-refractivity contribution in [2.75, 3.05) is 0 Å². The van der Waals surface area contributed by atoms with Crippen LogP contribution in [0.4, 0.5) is 0 Å². The van der Waals surface area contributed by atoms with Crippen LogP contribution in [0, 0.1) is 13.8 Å². The third-order valence-corrected chi connectivity index (χ3v) is 5.77. The van der Waals surface area contributed by atoms with Gasteiger partial charge in [0.1, 0.15) is 12.0 Å². The molecule has 5 heteroatoms. The first-order chi connectivity index (χ1) is 14.7. The monoisotopic (exact) mass is 389 g/mol. The number of aromatic nitrogens is 5. The van der Waals surface area contributed by atoms with Crippen LogP contribution in [0.15, 0.2) is 79.3 Å². The topological polar surface area (TPSA) is 48.0 Å². The van der Waals surface area contributed by atoms with Crippen molar-refractivity contribution in [2.45, 2.75) is 13.8 Å². The molecular weight excluding hydrogens is 370 g/mol. The number of pyridine rings is 1. The molecule has 0 aliphatic rings. The van der Waals surface area contributed by atoms with E-state index in [9.17, 15) is 0 Å². The van der Waals surface area contributed by atoms with Gasteiger partial charge in [0, 0.05) is 22.8 Å². The molecule has 0 saturated heterocycles. The molecule has 2 aromatic carbocycles. The van der Waals surface area contributed by atoms with E-state index in [4.69, 9.17) is 0 Å². The number of benzene rings is 2. The van der Waals surface area contributed by atoms with Gasteiger partial charge < -0.3 is 0 Å². The van der Waals surface area contributed by atoms with Crippen molar-refractivity contribution >= 4 is 27.7 Å². The van der Waals surface area contributed by atoms with Gasteiger partial charge in [0.15, 0.2) is 5.65 Å². The van der Waals surface area contributed by atoms with Crippen molar-refractivity contribution in [3.63, 3.8) is 0 Å². The highest BCUT2D eigenvalue weighted by atomic mass is 15.1. The summed E-state index contributed by atoms with van der Waals surface area (Å²) in [6.45, 7) is 4.30. The molecule has 144 valence electrons. The Morgan fingerprint density at radius 3 is 2.50 bits per heavy atom. The van der Waals surface area contributed by atoms with Crippen LogP contribution < -0.4 is 0 Å². The molecule has 0 amide bonds. The predicted molar refractivity (Wildman–Crippen MR) is 120 cm³/mol. The van der Waals surface area contributed by atoms with E-state index < -0.39 is 0 Å². The second-order valence-electron chi connectivity index (χ2n) is 7.56. The summed E-state index contributed by atoms with van der Waals surface area (Å²) in [5.41, 5.74) is 9.70. The maximum absolute atomic E-state index is 4.68. The fraction of sp³-hybridized carbons (Fsp3) is 0.0800. The molecule has 30 heavy (non-hydrogen) atoms. The van der Waals surface area contributed by atoms with Gasteiger partial charge in [-0.3, -0.25) is 8.97 Å². The molecule has 4 aromatic heterocycles. The van der Waals surface area contributed by atoms with Crippen molar-refractivity contribution in [3.05, 3.63) is 90.5 Å². The second-order valence-corrected chi connectivity index (χ2v) is 7.56. The highest BCUT2D eigenvalue weighted by Crippen LogP contribution is 2.36. The molecule has 6 aromatic rings. The van der Waals surface area contributed by atoms with Gasteiger partial charge in [-0.15, -0.1) is 0 Å². The van der Waals surface area contributed by atoms with E-state index in [1.54, 1.807) is 12.5 Å². The minimum absolute atomic E-state index is 0.705. The number of rotatable bonds is 2. The Kier molecular flexibility index (Phi) is 3.53. The standard InChI is InChI=1S/C25H19N5/c1-16-7-5-8-18(23-19-9-6-14-26-25(19)28-15-27-23)24(16)30-21-11-4-3-10-20(21)29-17(2)12-13-22(29)30/h3-15H,1-2H3.